The lowest BCUT2D eigenvalue weighted by Crippen LogP contribution is -2.37. The van der Waals surface area contributed by atoms with Gasteiger partial charge in [0.25, 0.3) is 0 Å². The summed E-state index contributed by atoms with van der Waals surface area (Å²) < 4.78 is 0. The second kappa shape index (κ2) is 6.54. The molecule has 0 saturated carbocycles. The van der Waals surface area contributed by atoms with Gasteiger partial charge in [0.1, 0.15) is 0 Å². The third-order valence-corrected chi connectivity index (χ3v) is 5.05. The first kappa shape index (κ1) is 15.7. The van der Waals surface area contributed by atoms with Crippen molar-refractivity contribution in [3.63, 3.8) is 0 Å². The molecular formula is C18H20N2O2S. The van der Waals surface area contributed by atoms with E-state index in [4.69, 9.17) is 0 Å². The summed E-state index contributed by atoms with van der Waals surface area (Å²) in [5.41, 5.74) is 4.05. The average molecular weight is 328 g/mol. The Hall–Kier alpha value is -2.14. The summed E-state index contributed by atoms with van der Waals surface area (Å²) >= 11 is 1.68. The second-order valence-corrected chi connectivity index (χ2v) is 6.86. The monoisotopic (exact) mass is 328 g/mol. The van der Waals surface area contributed by atoms with Crippen LogP contribution in [-0.4, -0.2) is 29.8 Å². The summed E-state index contributed by atoms with van der Waals surface area (Å²) in [4.78, 5) is 25.7. The van der Waals surface area contributed by atoms with Crippen molar-refractivity contribution in [3.05, 3.63) is 51.7 Å². The van der Waals surface area contributed by atoms with Crippen molar-refractivity contribution in [1.29, 1.82) is 0 Å². The summed E-state index contributed by atoms with van der Waals surface area (Å²) in [6.45, 7) is 2.07. The highest BCUT2D eigenvalue weighted by atomic mass is 32.1. The van der Waals surface area contributed by atoms with Gasteiger partial charge in [-0.2, -0.15) is 11.3 Å². The number of carbonyl (C=O) groups is 2. The molecule has 1 unspecified atom stereocenters. The topological polar surface area (TPSA) is 49.4 Å². The largest absolute Gasteiger partial charge is 0.342 e. The van der Waals surface area contributed by atoms with Crippen molar-refractivity contribution in [2.24, 2.45) is 0 Å². The first-order valence-electron chi connectivity index (χ1n) is 7.71. The minimum absolute atomic E-state index is 0.0185. The molecule has 0 saturated heterocycles. The molecule has 2 aromatic rings. The molecule has 1 aliphatic heterocycles. The van der Waals surface area contributed by atoms with Crippen molar-refractivity contribution in [3.8, 4) is 0 Å². The zero-order chi connectivity index (χ0) is 16.4. The molecule has 23 heavy (non-hydrogen) atoms. The SMILES string of the molecule is CC(Cc1ccsc1)N(C)C(=O)Cc1ccc2c(c1)NC(=O)C2. The van der Waals surface area contributed by atoms with Gasteiger partial charge in [-0.05, 0) is 52.9 Å². The predicted molar refractivity (Wildman–Crippen MR) is 92.7 cm³/mol. The van der Waals surface area contributed by atoms with E-state index in [0.717, 1.165) is 23.2 Å². The summed E-state index contributed by atoms with van der Waals surface area (Å²) in [7, 11) is 1.86. The van der Waals surface area contributed by atoms with Crippen LogP contribution < -0.4 is 5.32 Å². The molecule has 5 heteroatoms. The van der Waals surface area contributed by atoms with Gasteiger partial charge in [0.15, 0.2) is 0 Å². The Morgan fingerprint density at radius 1 is 1.35 bits per heavy atom. The van der Waals surface area contributed by atoms with Gasteiger partial charge in [-0.15, -0.1) is 0 Å². The van der Waals surface area contributed by atoms with E-state index in [1.54, 1.807) is 11.3 Å². The molecule has 3 rings (SSSR count). The van der Waals surface area contributed by atoms with Crippen LogP contribution in [0.4, 0.5) is 5.69 Å². The number of thiophene rings is 1. The molecule has 2 amide bonds. The fourth-order valence-corrected chi connectivity index (χ4v) is 3.48. The van der Waals surface area contributed by atoms with Crippen molar-refractivity contribution in [2.75, 3.05) is 12.4 Å². The number of nitrogens with zero attached hydrogens (tertiary/aromatic N) is 1. The zero-order valence-corrected chi connectivity index (χ0v) is 14.2. The van der Waals surface area contributed by atoms with Gasteiger partial charge >= 0.3 is 0 Å². The van der Waals surface area contributed by atoms with Gasteiger partial charge in [-0.25, -0.2) is 0 Å². The van der Waals surface area contributed by atoms with Crippen LogP contribution in [0.3, 0.4) is 0 Å². The first-order valence-corrected chi connectivity index (χ1v) is 8.65. The molecule has 1 N–H and O–H groups in total. The van der Waals surface area contributed by atoms with Crippen LogP contribution in [0.2, 0.25) is 0 Å². The summed E-state index contributed by atoms with van der Waals surface area (Å²) in [6, 6.07) is 8.04. The summed E-state index contributed by atoms with van der Waals surface area (Å²) in [5, 5.41) is 7.01. The third-order valence-electron chi connectivity index (χ3n) is 4.32. The highest BCUT2D eigenvalue weighted by molar-refractivity contribution is 7.07. The number of nitrogens with one attached hydrogen (secondary N) is 1. The van der Waals surface area contributed by atoms with E-state index in [9.17, 15) is 9.59 Å². The Bertz CT molecular complexity index is 725. The van der Waals surface area contributed by atoms with Crippen LogP contribution in [0.5, 0.6) is 0 Å². The molecule has 120 valence electrons. The van der Waals surface area contributed by atoms with Crippen molar-refractivity contribution >= 4 is 28.8 Å². The molecule has 1 aliphatic rings. The van der Waals surface area contributed by atoms with Crippen molar-refractivity contribution in [1.82, 2.24) is 4.90 Å². The van der Waals surface area contributed by atoms with Crippen LogP contribution in [0, 0.1) is 0 Å². The molecule has 0 fully saturated rings. The minimum atomic E-state index is 0.0185. The molecule has 0 spiro atoms. The lowest BCUT2D eigenvalue weighted by atomic mass is 10.0. The summed E-state index contributed by atoms with van der Waals surface area (Å²) in [6.07, 6.45) is 1.65. The van der Waals surface area contributed by atoms with Crippen molar-refractivity contribution in [2.45, 2.75) is 32.2 Å². The van der Waals surface area contributed by atoms with Gasteiger partial charge in [0.05, 0.1) is 12.8 Å². The smallest absolute Gasteiger partial charge is 0.228 e. The van der Waals surface area contributed by atoms with Gasteiger partial charge in [-0.1, -0.05) is 12.1 Å². The molecule has 2 heterocycles. The number of hydrogen-bond acceptors (Lipinski definition) is 3. The lowest BCUT2D eigenvalue weighted by molar-refractivity contribution is -0.130. The molecule has 1 aromatic heterocycles. The van der Waals surface area contributed by atoms with E-state index >= 15 is 0 Å². The average Bonchev–Trinajstić information content (AvgIpc) is 3.14. The van der Waals surface area contributed by atoms with E-state index < -0.39 is 0 Å². The predicted octanol–water partition coefficient (Wildman–Crippen LogP) is 2.87. The zero-order valence-electron chi connectivity index (χ0n) is 13.3. The highest BCUT2D eigenvalue weighted by Gasteiger charge is 2.20. The maximum Gasteiger partial charge on any atom is 0.228 e. The van der Waals surface area contributed by atoms with Gasteiger partial charge < -0.3 is 10.2 Å². The molecular weight excluding hydrogens is 308 g/mol. The number of likely N-dealkylation sites (N-methyl/N-ethyl adjacent to an activating group) is 1. The maximum absolute atomic E-state index is 12.5. The van der Waals surface area contributed by atoms with Gasteiger partial charge in [0.2, 0.25) is 11.8 Å². The Kier molecular flexibility index (Phi) is 4.48. The minimum Gasteiger partial charge on any atom is -0.342 e. The van der Waals surface area contributed by atoms with Crippen LogP contribution in [0.1, 0.15) is 23.6 Å². The molecule has 1 atom stereocenters. The fourth-order valence-electron chi connectivity index (χ4n) is 2.80. The van der Waals surface area contributed by atoms with E-state index in [0.29, 0.717) is 12.8 Å². The first-order chi connectivity index (χ1) is 11.0. The number of benzene rings is 1. The normalized spacial score (nSPS) is 14.3. The molecule has 4 nitrogen and oxygen atoms in total. The molecule has 0 bridgehead atoms. The van der Waals surface area contributed by atoms with Crippen LogP contribution >= 0.6 is 11.3 Å². The number of hydrogen-bond donors (Lipinski definition) is 1. The van der Waals surface area contributed by atoms with Crippen molar-refractivity contribution < 1.29 is 9.59 Å². The Balaban J connectivity index is 1.62. The maximum atomic E-state index is 12.5. The third kappa shape index (κ3) is 3.62. The number of fused-ring (bicyclic) bond motifs is 1. The number of amides is 2. The second-order valence-electron chi connectivity index (χ2n) is 6.08. The molecule has 0 radical (unpaired) electrons. The van der Waals surface area contributed by atoms with E-state index in [1.165, 1.54) is 5.56 Å². The standard InChI is InChI=1S/C18H20N2O2S/c1-12(7-14-5-6-23-11-14)20(2)18(22)9-13-3-4-15-10-17(21)19-16(15)8-13/h3-6,8,11-12H,7,9-10H2,1-2H3,(H,19,21). The van der Waals surface area contributed by atoms with E-state index in [-0.39, 0.29) is 17.9 Å². The Labute approximate surface area is 140 Å². The lowest BCUT2D eigenvalue weighted by Gasteiger charge is -2.25. The van der Waals surface area contributed by atoms with Gasteiger partial charge in [0, 0.05) is 18.8 Å². The van der Waals surface area contributed by atoms with Gasteiger partial charge in [-0.3, -0.25) is 9.59 Å². The molecule has 0 aliphatic carbocycles. The van der Waals surface area contributed by atoms with Crippen LogP contribution in [-0.2, 0) is 28.9 Å². The fraction of sp³-hybridized carbons (Fsp3) is 0.333. The number of carbonyl (C=O) groups excluding carboxylic acids is 2. The molecule has 1 aromatic carbocycles. The Morgan fingerprint density at radius 2 is 2.17 bits per heavy atom. The number of anilines is 1. The van der Waals surface area contributed by atoms with E-state index in [2.05, 4.69) is 29.1 Å². The summed E-state index contributed by atoms with van der Waals surface area (Å²) in [5.74, 6) is 0.113. The van der Waals surface area contributed by atoms with Crippen LogP contribution in [0.15, 0.2) is 35.0 Å². The quantitative estimate of drug-likeness (QED) is 0.917. The highest BCUT2D eigenvalue weighted by Crippen LogP contribution is 2.24. The van der Waals surface area contributed by atoms with Crippen LogP contribution in [0.25, 0.3) is 0 Å². The Morgan fingerprint density at radius 3 is 2.91 bits per heavy atom. The number of rotatable bonds is 5. The van der Waals surface area contributed by atoms with E-state index in [1.807, 2.05) is 30.1 Å².